The minimum absolute atomic E-state index is 0. The summed E-state index contributed by atoms with van der Waals surface area (Å²) in [5.74, 6) is 0.117. The number of halogens is 1. The average Bonchev–Trinajstić information content (AvgIpc) is 2.99. The Labute approximate surface area is 102 Å². The molecule has 0 bridgehead atoms. The fourth-order valence-corrected chi connectivity index (χ4v) is 1.98. The van der Waals surface area contributed by atoms with Crippen LogP contribution in [0.2, 0.25) is 0 Å². The van der Waals surface area contributed by atoms with Crippen LogP contribution in [0.1, 0.15) is 12.8 Å². The highest BCUT2D eigenvalue weighted by Gasteiger charge is 2.48. The molecule has 0 aromatic heterocycles. The number of aliphatic hydroxyl groups is 1. The van der Waals surface area contributed by atoms with Crippen molar-refractivity contribution >= 4 is 18.3 Å². The highest BCUT2D eigenvalue weighted by atomic mass is 35.5. The van der Waals surface area contributed by atoms with Crippen molar-refractivity contribution < 1.29 is 9.90 Å². The molecule has 0 atom stereocenters. The Hall–Kier alpha value is -0.360. The molecule has 0 aromatic carbocycles. The Morgan fingerprint density at radius 1 is 1.25 bits per heavy atom. The summed E-state index contributed by atoms with van der Waals surface area (Å²) in [4.78, 5) is 15.9. The van der Waals surface area contributed by atoms with Crippen LogP contribution in [0.25, 0.3) is 0 Å². The van der Waals surface area contributed by atoms with Crippen LogP contribution >= 0.6 is 12.4 Å². The maximum atomic E-state index is 11.9. The molecule has 6 heteroatoms. The lowest BCUT2D eigenvalue weighted by atomic mass is 10.2. The lowest BCUT2D eigenvalue weighted by Crippen LogP contribution is -2.54. The van der Waals surface area contributed by atoms with Gasteiger partial charge in [-0.25, -0.2) is 0 Å². The normalized spacial score (nSPS) is 23.8. The number of nitrogens with zero attached hydrogens (tertiary/aromatic N) is 2. The molecule has 16 heavy (non-hydrogen) atoms. The number of β-amino-alcohol motifs (C(OH)–C–C–N with tert-alkyl or cyclic N) is 1. The van der Waals surface area contributed by atoms with Crippen LogP contribution in [0.5, 0.6) is 0 Å². The van der Waals surface area contributed by atoms with Crippen LogP contribution in [-0.2, 0) is 4.79 Å². The first-order valence-corrected chi connectivity index (χ1v) is 5.57. The molecule has 1 saturated heterocycles. The van der Waals surface area contributed by atoms with Gasteiger partial charge in [0, 0.05) is 32.7 Å². The van der Waals surface area contributed by atoms with E-state index >= 15 is 0 Å². The highest BCUT2D eigenvalue weighted by molar-refractivity contribution is 5.89. The van der Waals surface area contributed by atoms with E-state index in [2.05, 4.69) is 4.90 Å². The molecule has 3 N–H and O–H groups in total. The van der Waals surface area contributed by atoms with Crippen LogP contribution in [0.3, 0.4) is 0 Å². The number of carbonyl (C=O) groups is 1. The van der Waals surface area contributed by atoms with E-state index in [0.29, 0.717) is 6.54 Å². The summed E-state index contributed by atoms with van der Waals surface area (Å²) in [5.41, 5.74) is 5.34. The SMILES string of the molecule is Cl.NC1(C(=O)N2CCN(CCO)CC2)CC1. The van der Waals surface area contributed by atoms with Crippen LogP contribution in [0, 0.1) is 0 Å². The second-order valence-electron chi connectivity index (χ2n) is 4.51. The lowest BCUT2D eigenvalue weighted by molar-refractivity contribution is -0.135. The largest absolute Gasteiger partial charge is 0.395 e. The molecule has 1 aliphatic heterocycles. The van der Waals surface area contributed by atoms with Crippen molar-refractivity contribution in [2.24, 2.45) is 5.73 Å². The van der Waals surface area contributed by atoms with Gasteiger partial charge in [-0.05, 0) is 12.8 Å². The van der Waals surface area contributed by atoms with E-state index in [4.69, 9.17) is 10.8 Å². The summed E-state index contributed by atoms with van der Waals surface area (Å²) in [6, 6.07) is 0. The number of hydrogen-bond acceptors (Lipinski definition) is 4. The van der Waals surface area contributed by atoms with E-state index in [-0.39, 0.29) is 24.9 Å². The van der Waals surface area contributed by atoms with Crippen molar-refractivity contribution in [3.8, 4) is 0 Å². The van der Waals surface area contributed by atoms with Gasteiger partial charge >= 0.3 is 0 Å². The Bertz CT molecular complexity index is 250. The molecule has 0 spiro atoms. The second kappa shape index (κ2) is 5.31. The smallest absolute Gasteiger partial charge is 0.242 e. The quantitative estimate of drug-likeness (QED) is 0.676. The Kier molecular flexibility index (Phi) is 4.55. The van der Waals surface area contributed by atoms with Gasteiger partial charge in [0.05, 0.1) is 12.1 Å². The van der Waals surface area contributed by atoms with Gasteiger partial charge in [0.1, 0.15) is 0 Å². The Morgan fingerprint density at radius 3 is 2.25 bits per heavy atom. The van der Waals surface area contributed by atoms with E-state index in [1.807, 2.05) is 4.90 Å². The molecule has 1 heterocycles. The van der Waals surface area contributed by atoms with Crippen molar-refractivity contribution in [3.05, 3.63) is 0 Å². The molecule has 1 aliphatic carbocycles. The van der Waals surface area contributed by atoms with E-state index in [9.17, 15) is 4.79 Å². The lowest BCUT2D eigenvalue weighted by Gasteiger charge is -2.35. The first-order valence-electron chi connectivity index (χ1n) is 5.57. The van der Waals surface area contributed by atoms with E-state index in [0.717, 1.165) is 39.0 Å². The third-order valence-electron chi connectivity index (χ3n) is 3.29. The summed E-state index contributed by atoms with van der Waals surface area (Å²) >= 11 is 0. The van der Waals surface area contributed by atoms with Crippen LogP contribution < -0.4 is 5.73 Å². The number of carbonyl (C=O) groups excluding carboxylic acids is 1. The van der Waals surface area contributed by atoms with Crippen molar-refractivity contribution in [3.63, 3.8) is 0 Å². The van der Waals surface area contributed by atoms with E-state index < -0.39 is 5.54 Å². The molecule has 2 aliphatic rings. The van der Waals surface area contributed by atoms with Gasteiger partial charge in [0.2, 0.25) is 5.91 Å². The third-order valence-corrected chi connectivity index (χ3v) is 3.29. The number of nitrogens with two attached hydrogens (primary N) is 1. The van der Waals surface area contributed by atoms with Crippen LogP contribution in [0.15, 0.2) is 0 Å². The van der Waals surface area contributed by atoms with Gasteiger partial charge in [0.25, 0.3) is 0 Å². The summed E-state index contributed by atoms with van der Waals surface area (Å²) in [6.07, 6.45) is 1.67. The standard InChI is InChI=1S/C10H19N3O2.ClH/c11-10(1-2-10)9(15)13-5-3-12(4-6-13)7-8-14;/h14H,1-8,11H2;1H. The first kappa shape index (κ1) is 13.7. The first-order chi connectivity index (χ1) is 7.15. The van der Waals surface area contributed by atoms with Gasteiger partial charge in [-0.15, -0.1) is 12.4 Å². The zero-order chi connectivity index (χ0) is 10.9. The minimum Gasteiger partial charge on any atom is -0.395 e. The van der Waals surface area contributed by atoms with Gasteiger partial charge < -0.3 is 15.7 Å². The predicted octanol–water partition coefficient (Wildman–Crippen LogP) is -0.964. The number of rotatable bonds is 3. The summed E-state index contributed by atoms with van der Waals surface area (Å²) in [7, 11) is 0. The van der Waals surface area contributed by atoms with Crippen molar-refractivity contribution in [2.75, 3.05) is 39.3 Å². The van der Waals surface area contributed by atoms with E-state index in [1.54, 1.807) is 0 Å². The summed E-state index contributed by atoms with van der Waals surface area (Å²) < 4.78 is 0. The second-order valence-corrected chi connectivity index (χ2v) is 4.51. The molecule has 94 valence electrons. The maximum Gasteiger partial charge on any atom is 0.242 e. The summed E-state index contributed by atoms with van der Waals surface area (Å²) in [5, 5.41) is 8.79. The molecule has 5 nitrogen and oxygen atoms in total. The number of amides is 1. The number of piperazine rings is 1. The summed E-state index contributed by atoms with van der Waals surface area (Å²) in [6.45, 7) is 4.09. The zero-order valence-electron chi connectivity index (χ0n) is 9.39. The molecule has 0 aromatic rings. The number of aliphatic hydroxyl groups excluding tert-OH is 1. The molecule has 2 rings (SSSR count). The van der Waals surface area contributed by atoms with Crippen LogP contribution in [0.4, 0.5) is 0 Å². The molecule has 0 unspecified atom stereocenters. The van der Waals surface area contributed by atoms with E-state index in [1.165, 1.54) is 0 Å². The molecule has 1 saturated carbocycles. The van der Waals surface area contributed by atoms with Crippen molar-refractivity contribution in [2.45, 2.75) is 18.4 Å². The Balaban J connectivity index is 0.00000128. The minimum atomic E-state index is -0.529. The fourth-order valence-electron chi connectivity index (χ4n) is 1.98. The van der Waals surface area contributed by atoms with Gasteiger partial charge in [-0.1, -0.05) is 0 Å². The van der Waals surface area contributed by atoms with Crippen molar-refractivity contribution in [1.82, 2.24) is 9.80 Å². The topological polar surface area (TPSA) is 69.8 Å². The van der Waals surface area contributed by atoms with Crippen molar-refractivity contribution in [1.29, 1.82) is 0 Å². The average molecular weight is 250 g/mol. The molecule has 1 amide bonds. The van der Waals surface area contributed by atoms with Gasteiger partial charge in [0.15, 0.2) is 0 Å². The molecule has 0 radical (unpaired) electrons. The predicted molar refractivity (Wildman–Crippen MR) is 63.5 cm³/mol. The maximum absolute atomic E-state index is 11.9. The molecular weight excluding hydrogens is 230 g/mol. The number of hydrogen-bond donors (Lipinski definition) is 2. The molecular formula is C10H20ClN3O2. The third kappa shape index (κ3) is 2.85. The zero-order valence-corrected chi connectivity index (χ0v) is 10.2. The highest BCUT2D eigenvalue weighted by Crippen LogP contribution is 2.34. The Morgan fingerprint density at radius 2 is 1.81 bits per heavy atom. The van der Waals surface area contributed by atoms with Crippen LogP contribution in [-0.4, -0.2) is 65.7 Å². The van der Waals surface area contributed by atoms with Gasteiger partial charge in [-0.3, -0.25) is 9.69 Å². The van der Waals surface area contributed by atoms with Gasteiger partial charge in [-0.2, -0.15) is 0 Å². The fraction of sp³-hybridized carbons (Fsp3) is 0.900. The monoisotopic (exact) mass is 249 g/mol. The molecule has 2 fully saturated rings.